The van der Waals surface area contributed by atoms with Gasteiger partial charge in [0, 0.05) is 11.8 Å². The van der Waals surface area contributed by atoms with Crippen LogP contribution in [0, 0.1) is 18.3 Å². The zero-order valence-electron chi connectivity index (χ0n) is 15.0. The van der Waals surface area contributed by atoms with Crippen molar-refractivity contribution in [1.82, 2.24) is 0 Å². The lowest BCUT2D eigenvalue weighted by atomic mass is 9.74. The fraction of sp³-hybridized carbons (Fsp3) is 0.667. The molecule has 122 valence electrons. The van der Waals surface area contributed by atoms with Gasteiger partial charge in [-0.3, -0.25) is 4.79 Å². The van der Waals surface area contributed by atoms with Gasteiger partial charge in [0.25, 0.3) is 0 Å². The first kappa shape index (κ1) is 17.2. The van der Waals surface area contributed by atoms with Crippen molar-refractivity contribution in [2.24, 2.45) is 11.3 Å². The molecular formula is C21H32O. The Balaban J connectivity index is 2.09. The normalized spacial score (nSPS) is 26.4. The highest BCUT2D eigenvalue weighted by molar-refractivity contribution is 5.86. The average Bonchev–Trinajstić information content (AvgIpc) is 2.73. The van der Waals surface area contributed by atoms with E-state index in [4.69, 9.17) is 0 Å². The number of hydrogen-bond acceptors (Lipinski definition) is 1. The highest BCUT2D eigenvalue weighted by Crippen LogP contribution is 2.45. The van der Waals surface area contributed by atoms with Crippen LogP contribution in [0.5, 0.6) is 0 Å². The molecule has 0 saturated heterocycles. The second-order valence-corrected chi connectivity index (χ2v) is 7.67. The van der Waals surface area contributed by atoms with Crippen molar-refractivity contribution in [2.75, 3.05) is 0 Å². The van der Waals surface area contributed by atoms with Gasteiger partial charge in [0.1, 0.15) is 5.78 Å². The van der Waals surface area contributed by atoms with Gasteiger partial charge < -0.3 is 0 Å². The molecule has 1 saturated carbocycles. The van der Waals surface area contributed by atoms with Crippen LogP contribution in [-0.2, 0) is 11.2 Å². The second kappa shape index (κ2) is 6.98. The lowest BCUT2D eigenvalue weighted by Crippen LogP contribution is -2.28. The van der Waals surface area contributed by atoms with E-state index in [0.29, 0.717) is 17.6 Å². The van der Waals surface area contributed by atoms with Gasteiger partial charge in [-0.05, 0) is 55.6 Å². The topological polar surface area (TPSA) is 17.1 Å². The second-order valence-electron chi connectivity index (χ2n) is 7.67. The molecule has 0 aromatic heterocycles. The van der Waals surface area contributed by atoms with Crippen molar-refractivity contribution >= 4 is 5.78 Å². The largest absolute Gasteiger partial charge is 0.299 e. The lowest BCUT2D eigenvalue weighted by Gasteiger charge is -2.29. The first-order valence-electron chi connectivity index (χ1n) is 9.01. The summed E-state index contributed by atoms with van der Waals surface area (Å²) in [4.78, 5) is 12.3. The summed E-state index contributed by atoms with van der Waals surface area (Å²) in [5, 5.41) is 0. The average molecular weight is 300 g/mol. The summed E-state index contributed by atoms with van der Waals surface area (Å²) in [7, 11) is 0. The monoisotopic (exact) mass is 300 g/mol. The van der Waals surface area contributed by atoms with Crippen LogP contribution in [0.4, 0.5) is 0 Å². The van der Waals surface area contributed by atoms with E-state index < -0.39 is 0 Å². The SMILES string of the molecule is CCCc1cc(C)ccc1C(C)CC[C@]1(C)C(=O)CCC1C. The van der Waals surface area contributed by atoms with Gasteiger partial charge in [0.2, 0.25) is 0 Å². The zero-order valence-corrected chi connectivity index (χ0v) is 15.0. The summed E-state index contributed by atoms with van der Waals surface area (Å²) in [6.07, 6.45) is 6.37. The molecular weight excluding hydrogens is 268 g/mol. The maximum atomic E-state index is 12.3. The molecule has 2 rings (SSSR count). The van der Waals surface area contributed by atoms with Crippen molar-refractivity contribution in [1.29, 1.82) is 0 Å². The van der Waals surface area contributed by atoms with E-state index in [1.54, 1.807) is 0 Å². The number of rotatable bonds is 6. The number of ketones is 1. The van der Waals surface area contributed by atoms with Crippen LogP contribution >= 0.6 is 0 Å². The highest BCUT2D eigenvalue weighted by atomic mass is 16.1. The molecule has 0 heterocycles. The van der Waals surface area contributed by atoms with Crippen molar-refractivity contribution in [3.8, 4) is 0 Å². The summed E-state index contributed by atoms with van der Waals surface area (Å²) >= 11 is 0. The first-order chi connectivity index (χ1) is 10.4. The molecule has 0 spiro atoms. The Morgan fingerprint density at radius 1 is 1.36 bits per heavy atom. The molecule has 1 aromatic rings. The summed E-state index contributed by atoms with van der Waals surface area (Å²) in [5.41, 5.74) is 4.27. The standard InChI is InChI=1S/C21H32O/c1-6-7-18-14-15(2)8-10-19(18)16(3)12-13-21(5)17(4)9-11-20(21)22/h8,10,14,16-17H,6-7,9,11-13H2,1-5H3/t16?,17?,21-/m0/s1. The number of aryl methyl sites for hydroxylation is 2. The molecule has 1 fully saturated rings. The molecule has 22 heavy (non-hydrogen) atoms. The molecule has 0 radical (unpaired) electrons. The van der Waals surface area contributed by atoms with Crippen LogP contribution in [0.3, 0.4) is 0 Å². The molecule has 0 N–H and O–H groups in total. The van der Waals surface area contributed by atoms with Crippen molar-refractivity contribution < 1.29 is 4.79 Å². The minimum absolute atomic E-state index is 0.0795. The molecule has 2 unspecified atom stereocenters. The molecule has 0 aliphatic heterocycles. The predicted molar refractivity (Wildman–Crippen MR) is 94.3 cm³/mol. The fourth-order valence-electron chi connectivity index (χ4n) is 3.99. The van der Waals surface area contributed by atoms with Crippen molar-refractivity contribution in [3.05, 3.63) is 34.9 Å². The Kier molecular flexibility index (Phi) is 5.47. The number of carbonyl (C=O) groups is 1. The summed E-state index contributed by atoms with van der Waals surface area (Å²) < 4.78 is 0. The molecule has 1 aliphatic carbocycles. The van der Waals surface area contributed by atoms with Gasteiger partial charge in [-0.1, -0.05) is 57.9 Å². The van der Waals surface area contributed by atoms with Crippen LogP contribution in [0.25, 0.3) is 0 Å². The van der Waals surface area contributed by atoms with E-state index in [0.717, 1.165) is 32.1 Å². The Bertz CT molecular complexity index is 531. The molecule has 1 heteroatoms. The molecule has 3 atom stereocenters. The summed E-state index contributed by atoms with van der Waals surface area (Å²) in [6, 6.07) is 6.89. The van der Waals surface area contributed by atoms with Gasteiger partial charge in [-0.25, -0.2) is 0 Å². The van der Waals surface area contributed by atoms with E-state index in [-0.39, 0.29) is 5.41 Å². The smallest absolute Gasteiger partial charge is 0.139 e. The summed E-state index contributed by atoms with van der Waals surface area (Å²) in [6.45, 7) is 11.2. The zero-order chi connectivity index (χ0) is 16.3. The van der Waals surface area contributed by atoms with Gasteiger partial charge in [0.05, 0.1) is 0 Å². The van der Waals surface area contributed by atoms with Crippen molar-refractivity contribution in [3.63, 3.8) is 0 Å². The van der Waals surface area contributed by atoms with Crippen LogP contribution in [-0.4, -0.2) is 5.78 Å². The molecule has 1 aromatic carbocycles. The predicted octanol–water partition coefficient (Wildman–Crippen LogP) is 5.84. The van der Waals surface area contributed by atoms with E-state index in [1.165, 1.54) is 23.1 Å². The van der Waals surface area contributed by atoms with Crippen LogP contribution in [0.2, 0.25) is 0 Å². The van der Waals surface area contributed by atoms with E-state index in [2.05, 4.69) is 52.8 Å². The van der Waals surface area contributed by atoms with Gasteiger partial charge >= 0.3 is 0 Å². The third kappa shape index (κ3) is 3.45. The van der Waals surface area contributed by atoms with E-state index in [1.807, 2.05) is 0 Å². The number of carbonyl (C=O) groups excluding carboxylic acids is 1. The van der Waals surface area contributed by atoms with E-state index >= 15 is 0 Å². The Hall–Kier alpha value is -1.11. The van der Waals surface area contributed by atoms with Gasteiger partial charge in [-0.15, -0.1) is 0 Å². The first-order valence-corrected chi connectivity index (χ1v) is 9.01. The van der Waals surface area contributed by atoms with Crippen LogP contribution in [0.1, 0.15) is 82.4 Å². The number of benzene rings is 1. The van der Waals surface area contributed by atoms with Crippen LogP contribution < -0.4 is 0 Å². The highest BCUT2D eigenvalue weighted by Gasteiger charge is 2.42. The van der Waals surface area contributed by atoms with Gasteiger partial charge in [0.15, 0.2) is 0 Å². The fourth-order valence-corrected chi connectivity index (χ4v) is 3.99. The number of Topliss-reactive ketones (excluding diaryl/α,β-unsaturated/α-hetero) is 1. The third-order valence-corrected chi connectivity index (χ3v) is 5.97. The minimum Gasteiger partial charge on any atom is -0.299 e. The Morgan fingerprint density at radius 2 is 2.09 bits per heavy atom. The quantitative estimate of drug-likeness (QED) is 0.645. The van der Waals surface area contributed by atoms with E-state index in [9.17, 15) is 4.79 Å². The molecule has 1 nitrogen and oxygen atoms in total. The Labute approximate surface area is 136 Å². The lowest BCUT2D eigenvalue weighted by molar-refractivity contribution is -0.126. The minimum atomic E-state index is -0.0795. The summed E-state index contributed by atoms with van der Waals surface area (Å²) in [5.74, 6) is 1.57. The van der Waals surface area contributed by atoms with Gasteiger partial charge in [-0.2, -0.15) is 0 Å². The van der Waals surface area contributed by atoms with Crippen molar-refractivity contribution in [2.45, 2.75) is 79.1 Å². The van der Waals surface area contributed by atoms with Crippen LogP contribution in [0.15, 0.2) is 18.2 Å². The molecule has 1 aliphatic rings. The number of hydrogen-bond donors (Lipinski definition) is 0. The third-order valence-electron chi connectivity index (χ3n) is 5.97. The maximum Gasteiger partial charge on any atom is 0.139 e. The Morgan fingerprint density at radius 3 is 2.68 bits per heavy atom. The maximum absolute atomic E-state index is 12.3. The molecule has 0 amide bonds. The molecule has 0 bridgehead atoms.